The highest BCUT2D eigenvalue weighted by atomic mass is 19.1. The van der Waals surface area contributed by atoms with Crippen LogP contribution in [0.25, 0.3) is 11.3 Å². The lowest BCUT2D eigenvalue weighted by Crippen LogP contribution is -2.50. The van der Waals surface area contributed by atoms with E-state index in [-0.39, 0.29) is 18.5 Å². The zero-order chi connectivity index (χ0) is 23.7. The fourth-order valence-electron chi connectivity index (χ4n) is 4.99. The van der Waals surface area contributed by atoms with Gasteiger partial charge in [-0.3, -0.25) is 9.96 Å². The van der Waals surface area contributed by atoms with Gasteiger partial charge in [0.25, 0.3) is 0 Å². The number of anilines is 1. The summed E-state index contributed by atoms with van der Waals surface area (Å²) in [6, 6.07) is 14.2. The van der Waals surface area contributed by atoms with E-state index in [2.05, 4.69) is 22.5 Å². The summed E-state index contributed by atoms with van der Waals surface area (Å²) < 4.78 is 13.2. The van der Waals surface area contributed by atoms with Crippen LogP contribution in [0.1, 0.15) is 30.9 Å². The van der Waals surface area contributed by atoms with E-state index in [1.807, 2.05) is 37.3 Å². The zero-order valence-electron chi connectivity index (χ0n) is 19.7. The molecule has 0 amide bonds. The topological polar surface area (TPSA) is 76.1 Å². The maximum Gasteiger partial charge on any atom is 0.243 e. The van der Waals surface area contributed by atoms with Gasteiger partial charge in [-0.15, -0.1) is 0 Å². The van der Waals surface area contributed by atoms with E-state index in [9.17, 15) is 9.60 Å². The van der Waals surface area contributed by atoms with E-state index in [1.165, 1.54) is 12.1 Å². The number of piperidine rings is 1. The van der Waals surface area contributed by atoms with Gasteiger partial charge in [-0.1, -0.05) is 25.1 Å². The number of rotatable bonds is 5. The molecular weight excluding hydrogens is 431 g/mol. The molecule has 1 fully saturated rings. The van der Waals surface area contributed by atoms with Crippen molar-refractivity contribution in [2.45, 2.75) is 39.3 Å². The van der Waals surface area contributed by atoms with Crippen molar-refractivity contribution in [1.82, 2.24) is 24.8 Å². The third kappa shape index (κ3) is 4.30. The molecule has 2 aromatic carbocycles. The van der Waals surface area contributed by atoms with Gasteiger partial charge in [-0.05, 0) is 62.2 Å². The van der Waals surface area contributed by atoms with Gasteiger partial charge in [-0.2, -0.15) is 4.98 Å². The molecule has 0 saturated carbocycles. The fraction of sp³-hybridized carbons (Fsp3) is 0.385. The predicted molar refractivity (Wildman–Crippen MR) is 134 cm³/mol. The van der Waals surface area contributed by atoms with Gasteiger partial charge in [-0.25, -0.2) is 9.37 Å². The van der Waals surface area contributed by atoms with Gasteiger partial charge in [0.15, 0.2) is 0 Å². The number of halogens is 1. The summed E-state index contributed by atoms with van der Waals surface area (Å²) >= 11 is 0. The molecule has 5 rings (SSSR count). The molecule has 3 heterocycles. The number of hydrogen-bond acceptors (Lipinski definition) is 6. The van der Waals surface area contributed by atoms with Crippen molar-refractivity contribution in [2.24, 2.45) is 0 Å². The SMILES string of the molecule is CCN1CCC(Nc2nc(-c3ccc(F)cc3C)c3c(n2)[N+]([O-])(c2ccccc2)CNC3)CC1. The molecule has 1 atom stereocenters. The second-order valence-corrected chi connectivity index (χ2v) is 9.17. The van der Waals surface area contributed by atoms with Crippen LogP contribution >= 0.6 is 0 Å². The Morgan fingerprint density at radius 1 is 1.15 bits per heavy atom. The molecule has 2 aliphatic heterocycles. The van der Waals surface area contributed by atoms with E-state index in [4.69, 9.17) is 9.97 Å². The van der Waals surface area contributed by atoms with Gasteiger partial charge in [0.1, 0.15) is 18.2 Å². The Balaban J connectivity index is 1.61. The summed E-state index contributed by atoms with van der Waals surface area (Å²) in [5.41, 5.74) is 3.63. The Hall–Kier alpha value is -2.91. The standard InChI is InChI=1S/C26H31FN6O/c1-3-32-13-11-20(12-14-32)29-26-30-24(22-10-9-19(27)15-18(22)2)23-16-28-17-33(34,25(23)31-26)21-7-5-4-6-8-21/h4-10,15,20,28H,3,11-14,16-17H2,1-2H3,(H,29,30,31). The lowest BCUT2D eigenvalue weighted by molar-refractivity contribution is 0.229. The normalized spacial score (nSPS) is 21.3. The quantitative estimate of drug-likeness (QED) is 0.423. The minimum Gasteiger partial charge on any atom is -0.620 e. The molecule has 34 heavy (non-hydrogen) atoms. The van der Waals surface area contributed by atoms with E-state index >= 15 is 0 Å². The minimum atomic E-state index is -0.713. The second-order valence-electron chi connectivity index (χ2n) is 9.17. The van der Waals surface area contributed by atoms with E-state index in [0.717, 1.165) is 49.2 Å². The molecule has 0 radical (unpaired) electrons. The number of aryl methyl sites for hydroxylation is 1. The van der Waals surface area contributed by atoms with Gasteiger partial charge < -0.3 is 15.4 Å². The molecule has 8 heteroatoms. The van der Waals surface area contributed by atoms with Crippen molar-refractivity contribution in [3.05, 3.63) is 70.7 Å². The lowest BCUT2D eigenvalue weighted by atomic mass is 10.00. The Bertz CT molecular complexity index is 1170. The number of nitrogens with zero attached hydrogens (tertiary/aromatic N) is 4. The summed E-state index contributed by atoms with van der Waals surface area (Å²) in [7, 11) is 0. The lowest BCUT2D eigenvalue weighted by Gasteiger charge is -2.44. The summed E-state index contributed by atoms with van der Waals surface area (Å²) in [6.45, 7) is 7.82. The second kappa shape index (κ2) is 9.38. The van der Waals surface area contributed by atoms with E-state index < -0.39 is 4.65 Å². The van der Waals surface area contributed by atoms with Crippen molar-refractivity contribution >= 4 is 17.5 Å². The maximum atomic E-state index is 14.3. The molecule has 1 aromatic heterocycles. The van der Waals surface area contributed by atoms with Crippen LogP contribution in [0.4, 0.5) is 21.8 Å². The van der Waals surface area contributed by atoms with Crippen molar-refractivity contribution in [1.29, 1.82) is 0 Å². The number of quaternary nitrogens is 1. The number of aromatic nitrogens is 2. The van der Waals surface area contributed by atoms with Crippen LogP contribution < -0.4 is 15.3 Å². The number of likely N-dealkylation sites (tertiary alicyclic amines) is 1. The number of hydroxylamine groups is 1. The fourth-order valence-corrected chi connectivity index (χ4v) is 4.99. The summed E-state index contributed by atoms with van der Waals surface area (Å²) in [5, 5.41) is 21.1. The summed E-state index contributed by atoms with van der Waals surface area (Å²) in [6.07, 6.45) is 1.99. The van der Waals surface area contributed by atoms with Crippen molar-refractivity contribution in [2.75, 3.05) is 31.6 Å². The zero-order valence-corrected chi connectivity index (χ0v) is 19.7. The molecule has 0 bridgehead atoms. The first-order valence-electron chi connectivity index (χ1n) is 12.0. The highest BCUT2D eigenvalue weighted by Gasteiger charge is 2.36. The van der Waals surface area contributed by atoms with Crippen LogP contribution in [0.5, 0.6) is 0 Å². The maximum absolute atomic E-state index is 14.3. The summed E-state index contributed by atoms with van der Waals surface area (Å²) in [4.78, 5) is 12.1. The third-order valence-corrected chi connectivity index (χ3v) is 6.95. The van der Waals surface area contributed by atoms with Gasteiger partial charge in [0.2, 0.25) is 11.8 Å². The number of hydrogen-bond donors (Lipinski definition) is 2. The van der Waals surface area contributed by atoms with E-state index in [0.29, 0.717) is 29.7 Å². The molecule has 2 N–H and O–H groups in total. The van der Waals surface area contributed by atoms with Crippen LogP contribution in [0, 0.1) is 17.9 Å². The number of fused-ring (bicyclic) bond motifs is 1. The molecule has 178 valence electrons. The Kier molecular flexibility index (Phi) is 6.31. The largest absolute Gasteiger partial charge is 0.620 e. The van der Waals surface area contributed by atoms with Crippen LogP contribution in [-0.4, -0.2) is 47.2 Å². The predicted octanol–water partition coefficient (Wildman–Crippen LogP) is 4.68. The molecule has 0 aliphatic carbocycles. The minimum absolute atomic E-state index is 0.185. The van der Waals surface area contributed by atoms with Crippen LogP contribution in [0.2, 0.25) is 0 Å². The Morgan fingerprint density at radius 3 is 2.62 bits per heavy atom. The third-order valence-electron chi connectivity index (χ3n) is 6.95. The highest BCUT2D eigenvalue weighted by molar-refractivity contribution is 5.75. The number of benzene rings is 2. The molecular formula is C26H31FN6O. The monoisotopic (exact) mass is 462 g/mol. The van der Waals surface area contributed by atoms with Crippen LogP contribution in [0.15, 0.2) is 48.5 Å². The van der Waals surface area contributed by atoms with Gasteiger partial charge in [0.05, 0.1) is 11.3 Å². The number of para-hydroxylation sites is 1. The number of nitrogens with one attached hydrogen (secondary N) is 2. The highest BCUT2D eigenvalue weighted by Crippen LogP contribution is 2.41. The van der Waals surface area contributed by atoms with Crippen molar-refractivity contribution in [3.8, 4) is 11.3 Å². The Labute approximate surface area is 199 Å². The molecule has 3 aromatic rings. The first-order chi connectivity index (χ1) is 16.5. The van der Waals surface area contributed by atoms with Crippen LogP contribution in [0.3, 0.4) is 0 Å². The average Bonchev–Trinajstić information content (AvgIpc) is 2.85. The summed E-state index contributed by atoms with van der Waals surface area (Å²) in [5.74, 6) is 0.609. The molecule has 2 aliphatic rings. The van der Waals surface area contributed by atoms with E-state index in [1.54, 1.807) is 6.07 Å². The molecule has 7 nitrogen and oxygen atoms in total. The first-order valence-corrected chi connectivity index (χ1v) is 12.0. The van der Waals surface area contributed by atoms with Crippen LogP contribution in [-0.2, 0) is 6.54 Å². The molecule has 1 unspecified atom stereocenters. The molecule has 0 spiro atoms. The van der Waals surface area contributed by atoms with Crippen molar-refractivity contribution < 1.29 is 4.39 Å². The first kappa shape index (κ1) is 22.9. The smallest absolute Gasteiger partial charge is 0.243 e. The Morgan fingerprint density at radius 2 is 1.91 bits per heavy atom. The molecule has 1 saturated heterocycles. The average molecular weight is 463 g/mol. The van der Waals surface area contributed by atoms with Gasteiger partial charge in [0, 0.05) is 31.2 Å². The van der Waals surface area contributed by atoms with Crippen molar-refractivity contribution in [3.63, 3.8) is 0 Å². The van der Waals surface area contributed by atoms with Gasteiger partial charge >= 0.3 is 0 Å².